The Kier molecular flexibility index (Phi) is 9.86. The zero-order chi connectivity index (χ0) is 29.4. The van der Waals surface area contributed by atoms with Gasteiger partial charge in [-0.3, -0.25) is 0 Å². The van der Waals surface area contributed by atoms with Crippen molar-refractivity contribution in [1.29, 1.82) is 0 Å². The van der Waals surface area contributed by atoms with Gasteiger partial charge in [-0.2, -0.15) is 0 Å². The van der Waals surface area contributed by atoms with Crippen LogP contribution in [0.5, 0.6) is 23.0 Å². The highest BCUT2D eigenvalue weighted by atomic mass is 32.2. The smallest absolute Gasteiger partial charge is 0.342 e. The third-order valence-corrected chi connectivity index (χ3v) is 6.92. The number of methoxy groups -OCH3 is 2. The first-order valence-corrected chi connectivity index (χ1v) is 13.6. The van der Waals surface area contributed by atoms with Gasteiger partial charge in [-0.25, -0.2) is 9.18 Å². The zero-order valence-corrected chi connectivity index (χ0v) is 23.9. The molecule has 1 heterocycles. The number of rotatable bonds is 13. The lowest BCUT2D eigenvalue weighted by Gasteiger charge is -2.13. The van der Waals surface area contributed by atoms with Gasteiger partial charge in [-0.15, -0.1) is 10.2 Å². The van der Waals surface area contributed by atoms with Crippen molar-refractivity contribution in [1.82, 2.24) is 14.8 Å². The fraction of sp³-hybridized carbons (Fsp3) is 0.233. The fourth-order valence-corrected chi connectivity index (χ4v) is 4.81. The van der Waals surface area contributed by atoms with Gasteiger partial charge in [0.2, 0.25) is 0 Å². The molecule has 4 aromatic rings. The molecule has 0 aliphatic carbocycles. The maximum absolute atomic E-state index is 13.2. The minimum atomic E-state index is -1.11. The third-order valence-electron chi connectivity index (χ3n) is 5.93. The fourth-order valence-electron chi connectivity index (χ4n) is 3.93. The van der Waals surface area contributed by atoms with E-state index in [0.29, 0.717) is 52.7 Å². The molecular weight excluding hydrogens is 549 g/mol. The predicted octanol–water partition coefficient (Wildman–Crippen LogP) is 6.32. The summed E-state index contributed by atoms with van der Waals surface area (Å²) in [5.41, 5.74) is 2.13. The number of carboxylic acids is 1. The van der Waals surface area contributed by atoms with E-state index in [1.165, 1.54) is 12.1 Å². The lowest BCUT2D eigenvalue weighted by molar-refractivity contribution is -0.131. The Labute approximate surface area is 241 Å². The Morgan fingerprint density at radius 3 is 2.27 bits per heavy atom. The van der Waals surface area contributed by atoms with Gasteiger partial charge in [0.25, 0.3) is 0 Å². The maximum Gasteiger partial charge on any atom is 0.342 e. The van der Waals surface area contributed by atoms with Gasteiger partial charge in [-0.05, 0) is 79.2 Å². The SMILES string of the molecule is CCOc1cc(/C=C(\Sc2nnc(-c3cc(OC)cc(OC)c3)n2CC)C(=O)O)ccc1OCc1ccc(F)cc1. The lowest BCUT2D eigenvalue weighted by atomic mass is 10.2. The summed E-state index contributed by atoms with van der Waals surface area (Å²) in [5.74, 6) is 1.27. The van der Waals surface area contributed by atoms with E-state index in [0.717, 1.165) is 22.9 Å². The van der Waals surface area contributed by atoms with Gasteiger partial charge in [0.05, 0.1) is 20.8 Å². The molecule has 0 amide bonds. The van der Waals surface area contributed by atoms with Gasteiger partial charge in [0.1, 0.15) is 28.8 Å². The summed E-state index contributed by atoms with van der Waals surface area (Å²) in [5, 5.41) is 19.0. The second-order valence-corrected chi connectivity index (χ2v) is 9.63. The first-order chi connectivity index (χ1) is 19.8. The number of aromatic nitrogens is 3. The van der Waals surface area contributed by atoms with Crippen molar-refractivity contribution in [2.45, 2.75) is 32.2 Å². The third kappa shape index (κ3) is 7.37. The number of aliphatic carboxylic acids is 1. The topological polar surface area (TPSA) is 105 Å². The molecule has 4 rings (SSSR count). The molecule has 0 saturated heterocycles. The molecule has 9 nitrogen and oxygen atoms in total. The number of halogens is 1. The molecule has 0 aliphatic rings. The van der Waals surface area contributed by atoms with E-state index in [9.17, 15) is 14.3 Å². The summed E-state index contributed by atoms with van der Waals surface area (Å²) in [6, 6.07) is 16.6. The summed E-state index contributed by atoms with van der Waals surface area (Å²) in [4.78, 5) is 12.3. The Bertz CT molecular complexity index is 1520. The van der Waals surface area contributed by atoms with Crippen LogP contribution in [0, 0.1) is 5.82 Å². The highest BCUT2D eigenvalue weighted by molar-refractivity contribution is 8.04. The lowest BCUT2D eigenvalue weighted by Crippen LogP contribution is -2.03. The van der Waals surface area contributed by atoms with Crippen molar-refractivity contribution in [3.63, 3.8) is 0 Å². The van der Waals surface area contributed by atoms with E-state index in [-0.39, 0.29) is 17.3 Å². The van der Waals surface area contributed by atoms with E-state index >= 15 is 0 Å². The highest BCUT2D eigenvalue weighted by Crippen LogP contribution is 2.35. The Hall–Kier alpha value is -4.51. The molecule has 0 bridgehead atoms. The number of nitrogens with zero attached hydrogens (tertiary/aromatic N) is 3. The summed E-state index contributed by atoms with van der Waals surface area (Å²) in [6.07, 6.45) is 1.54. The van der Waals surface area contributed by atoms with Crippen LogP contribution in [-0.4, -0.2) is 46.7 Å². The number of hydrogen-bond donors (Lipinski definition) is 1. The molecule has 3 aromatic carbocycles. The molecule has 0 atom stereocenters. The van der Waals surface area contributed by atoms with Crippen molar-refractivity contribution < 1.29 is 33.2 Å². The summed E-state index contributed by atoms with van der Waals surface area (Å²) in [7, 11) is 3.13. The molecule has 0 spiro atoms. The molecule has 0 aliphatic heterocycles. The maximum atomic E-state index is 13.2. The van der Waals surface area contributed by atoms with Crippen molar-refractivity contribution in [2.75, 3.05) is 20.8 Å². The molecule has 11 heteroatoms. The number of thioether (sulfide) groups is 1. The monoisotopic (exact) mass is 579 g/mol. The molecule has 41 heavy (non-hydrogen) atoms. The molecule has 1 N–H and O–H groups in total. The van der Waals surface area contributed by atoms with Crippen LogP contribution in [0.15, 0.2) is 70.7 Å². The van der Waals surface area contributed by atoms with Crippen LogP contribution < -0.4 is 18.9 Å². The normalized spacial score (nSPS) is 11.3. The molecule has 0 fully saturated rings. The second kappa shape index (κ2) is 13.7. The van der Waals surface area contributed by atoms with Crippen LogP contribution in [0.3, 0.4) is 0 Å². The summed E-state index contributed by atoms with van der Waals surface area (Å²) >= 11 is 0.996. The minimum Gasteiger partial charge on any atom is -0.497 e. The first-order valence-electron chi connectivity index (χ1n) is 12.8. The molecular formula is C30H30FN3O6S. The van der Waals surface area contributed by atoms with E-state index in [4.69, 9.17) is 18.9 Å². The van der Waals surface area contributed by atoms with Crippen molar-refractivity contribution >= 4 is 23.8 Å². The summed E-state index contributed by atoms with van der Waals surface area (Å²) in [6.45, 7) is 4.89. The first kappa shape index (κ1) is 29.5. The molecule has 0 saturated carbocycles. The molecule has 0 radical (unpaired) electrons. The highest BCUT2D eigenvalue weighted by Gasteiger charge is 2.20. The number of carbonyl (C=O) groups is 1. The van der Waals surface area contributed by atoms with E-state index in [1.54, 1.807) is 56.7 Å². The number of carboxylic acid groups (broad SMARTS) is 1. The van der Waals surface area contributed by atoms with Gasteiger partial charge >= 0.3 is 5.97 Å². The number of ether oxygens (including phenoxy) is 4. The minimum absolute atomic E-state index is 0.0456. The average molecular weight is 580 g/mol. The van der Waals surface area contributed by atoms with Gasteiger partial charge < -0.3 is 28.6 Å². The molecule has 1 aromatic heterocycles. The molecule has 214 valence electrons. The largest absolute Gasteiger partial charge is 0.497 e. The van der Waals surface area contributed by atoms with Crippen LogP contribution in [-0.2, 0) is 17.9 Å². The zero-order valence-electron chi connectivity index (χ0n) is 23.1. The van der Waals surface area contributed by atoms with Crippen LogP contribution in [0.4, 0.5) is 4.39 Å². The van der Waals surface area contributed by atoms with Crippen LogP contribution in [0.25, 0.3) is 17.5 Å². The van der Waals surface area contributed by atoms with E-state index in [2.05, 4.69) is 10.2 Å². The number of hydrogen-bond acceptors (Lipinski definition) is 8. The Balaban J connectivity index is 1.60. The quantitative estimate of drug-likeness (QED) is 0.144. The Morgan fingerprint density at radius 1 is 0.951 bits per heavy atom. The van der Waals surface area contributed by atoms with Gasteiger partial charge in [0, 0.05) is 18.2 Å². The standard InChI is InChI=1S/C30H30FN3O6S/c1-5-34-28(21-15-23(37-3)17-24(16-21)38-4)32-33-30(34)41-27(29(35)36)14-20-9-12-25(26(13-20)39-6-2)40-18-19-7-10-22(31)11-8-19/h7-17H,5-6,18H2,1-4H3,(H,35,36)/b27-14-. The predicted molar refractivity (Wildman–Crippen MR) is 154 cm³/mol. The van der Waals surface area contributed by atoms with E-state index < -0.39 is 5.97 Å². The summed E-state index contributed by atoms with van der Waals surface area (Å²) < 4.78 is 37.4. The van der Waals surface area contributed by atoms with Crippen LogP contribution in [0.1, 0.15) is 25.0 Å². The van der Waals surface area contributed by atoms with E-state index in [1.807, 2.05) is 30.5 Å². The number of benzene rings is 3. The second-order valence-electron chi connectivity index (χ2n) is 8.62. The van der Waals surface area contributed by atoms with Gasteiger partial charge in [-0.1, -0.05) is 18.2 Å². The van der Waals surface area contributed by atoms with Crippen molar-refractivity contribution in [3.8, 4) is 34.4 Å². The van der Waals surface area contributed by atoms with Gasteiger partial charge in [0.15, 0.2) is 22.5 Å². The van der Waals surface area contributed by atoms with Crippen LogP contribution in [0.2, 0.25) is 0 Å². The molecule has 0 unspecified atom stereocenters. The average Bonchev–Trinajstić information content (AvgIpc) is 3.39. The van der Waals surface area contributed by atoms with Crippen molar-refractivity contribution in [3.05, 3.63) is 82.5 Å². The van der Waals surface area contributed by atoms with Crippen LogP contribution >= 0.6 is 11.8 Å². The Morgan fingerprint density at radius 2 is 1.66 bits per heavy atom. The van der Waals surface area contributed by atoms with Crippen molar-refractivity contribution in [2.24, 2.45) is 0 Å².